The molecule has 1 amide bonds. The number of rotatable bonds is 5. The zero-order valence-electron chi connectivity index (χ0n) is 18.6. The van der Waals surface area contributed by atoms with Crippen molar-refractivity contribution in [2.75, 3.05) is 36.4 Å². The lowest BCUT2D eigenvalue weighted by Gasteiger charge is -2.35. The van der Waals surface area contributed by atoms with E-state index < -0.39 is 39.3 Å². The second kappa shape index (κ2) is 9.86. The number of carbonyl (C=O) groups is 1. The van der Waals surface area contributed by atoms with Gasteiger partial charge in [0.15, 0.2) is 0 Å². The first-order chi connectivity index (χ1) is 17.0. The summed E-state index contributed by atoms with van der Waals surface area (Å²) in [6, 6.07) is 12.9. The van der Waals surface area contributed by atoms with Crippen LogP contribution in [0.25, 0.3) is 0 Å². The van der Waals surface area contributed by atoms with E-state index in [2.05, 4.69) is 5.32 Å². The Bertz CT molecular complexity index is 1390. The summed E-state index contributed by atoms with van der Waals surface area (Å²) in [6.07, 6.45) is -4.49. The van der Waals surface area contributed by atoms with Gasteiger partial charge in [0.25, 0.3) is 5.91 Å². The maximum absolute atomic E-state index is 14.7. The van der Waals surface area contributed by atoms with Crippen LogP contribution in [0.5, 0.6) is 0 Å². The normalized spacial score (nSPS) is 15.1. The van der Waals surface area contributed by atoms with E-state index >= 15 is 0 Å². The van der Waals surface area contributed by atoms with Gasteiger partial charge in [0.1, 0.15) is 11.6 Å². The molecule has 0 atom stereocenters. The van der Waals surface area contributed by atoms with E-state index in [-0.39, 0.29) is 42.3 Å². The number of anilines is 2. The average Bonchev–Trinajstić information content (AvgIpc) is 2.85. The second-order valence-corrected chi connectivity index (χ2v) is 9.95. The van der Waals surface area contributed by atoms with Gasteiger partial charge in [-0.15, -0.1) is 0 Å². The van der Waals surface area contributed by atoms with E-state index in [1.165, 1.54) is 30.3 Å². The predicted octanol–water partition coefficient (Wildman–Crippen LogP) is 4.75. The van der Waals surface area contributed by atoms with Gasteiger partial charge in [-0.25, -0.2) is 17.2 Å². The highest BCUT2D eigenvalue weighted by molar-refractivity contribution is 7.89. The first kappa shape index (κ1) is 25.6. The van der Waals surface area contributed by atoms with Gasteiger partial charge in [0, 0.05) is 31.9 Å². The van der Waals surface area contributed by atoms with Crippen LogP contribution in [0.4, 0.5) is 33.3 Å². The maximum atomic E-state index is 14.7. The molecule has 0 aromatic heterocycles. The SMILES string of the molecule is O=C(Nc1ccc(S(=O)(=O)N2CCN(c3cccc(C(F)(F)F)c3)CC2)cc1F)c1ccccc1F. The summed E-state index contributed by atoms with van der Waals surface area (Å²) in [5, 5.41) is 2.22. The van der Waals surface area contributed by atoms with Gasteiger partial charge in [-0.1, -0.05) is 18.2 Å². The van der Waals surface area contributed by atoms with Gasteiger partial charge in [0.2, 0.25) is 10.0 Å². The molecule has 0 bridgehead atoms. The van der Waals surface area contributed by atoms with Crippen molar-refractivity contribution in [3.63, 3.8) is 0 Å². The van der Waals surface area contributed by atoms with Gasteiger partial charge in [0.05, 0.1) is 21.7 Å². The van der Waals surface area contributed by atoms with E-state index in [0.29, 0.717) is 5.69 Å². The number of amides is 1. The number of piperazine rings is 1. The van der Waals surface area contributed by atoms with Gasteiger partial charge in [-0.05, 0) is 48.5 Å². The minimum Gasteiger partial charge on any atom is -0.369 e. The molecule has 3 aromatic carbocycles. The van der Waals surface area contributed by atoms with Crippen molar-refractivity contribution in [2.45, 2.75) is 11.1 Å². The molecule has 3 aromatic rings. The van der Waals surface area contributed by atoms with Crippen molar-refractivity contribution in [3.05, 3.63) is 89.5 Å². The smallest absolute Gasteiger partial charge is 0.369 e. The number of nitrogens with one attached hydrogen (secondary N) is 1. The molecule has 1 saturated heterocycles. The quantitative estimate of drug-likeness (QED) is 0.489. The Labute approximate surface area is 204 Å². The Kier molecular flexibility index (Phi) is 7.01. The lowest BCUT2D eigenvalue weighted by atomic mass is 10.1. The van der Waals surface area contributed by atoms with Gasteiger partial charge in [-0.3, -0.25) is 4.79 Å². The van der Waals surface area contributed by atoms with E-state index in [9.17, 15) is 35.2 Å². The predicted molar refractivity (Wildman–Crippen MR) is 123 cm³/mol. The lowest BCUT2D eigenvalue weighted by Crippen LogP contribution is -2.48. The summed E-state index contributed by atoms with van der Waals surface area (Å²) in [5.74, 6) is -2.71. The molecule has 36 heavy (non-hydrogen) atoms. The molecule has 1 aliphatic heterocycles. The van der Waals surface area contributed by atoms with Crippen molar-refractivity contribution >= 4 is 27.3 Å². The summed E-state index contributed by atoms with van der Waals surface area (Å²) < 4.78 is 94.6. The highest BCUT2D eigenvalue weighted by Crippen LogP contribution is 2.32. The van der Waals surface area contributed by atoms with Crippen molar-refractivity contribution in [1.29, 1.82) is 0 Å². The molecular formula is C24H20F5N3O3S. The molecule has 6 nitrogen and oxygen atoms in total. The van der Waals surface area contributed by atoms with Crippen molar-refractivity contribution in [2.24, 2.45) is 0 Å². The highest BCUT2D eigenvalue weighted by atomic mass is 32.2. The van der Waals surface area contributed by atoms with Crippen molar-refractivity contribution in [1.82, 2.24) is 4.31 Å². The van der Waals surface area contributed by atoms with Crippen molar-refractivity contribution < 1.29 is 35.2 Å². The first-order valence-corrected chi connectivity index (χ1v) is 12.2. The molecule has 1 heterocycles. The number of sulfonamides is 1. The number of benzene rings is 3. The van der Waals surface area contributed by atoms with Crippen LogP contribution in [0.15, 0.2) is 71.6 Å². The topological polar surface area (TPSA) is 69.7 Å². The third kappa shape index (κ3) is 5.34. The fraction of sp³-hybridized carbons (Fsp3) is 0.208. The molecule has 1 fully saturated rings. The zero-order chi connectivity index (χ0) is 26.1. The van der Waals surface area contributed by atoms with Crippen LogP contribution in [-0.4, -0.2) is 44.8 Å². The maximum Gasteiger partial charge on any atom is 0.416 e. The third-order valence-electron chi connectivity index (χ3n) is 5.72. The Morgan fingerprint density at radius 2 is 1.53 bits per heavy atom. The van der Waals surface area contributed by atoms with Gasteiger partial charge >= 0.3 is 6.18 Å². The number of nitrogens with zero attached hydrogens (tertiary/aromatic N) is 2. The molecule has 12 heteroatoms. The van der Waals surface area contributed by atoms with Crippen LogP contribution in [0.3, 0.4) is 0 Å². The van der Waals surface area contributed by atoms with E-state index in [1.54, 1.807) is 4.90 Å². The molecule has 0 saturated carbocycles. The van der Waals surface area contributed by atoms with Crippen LogP contribution < -0.4 is 10.2 Å². The van der Waals surface area contributed by atoms with Crippen molar-refractivity contribution in [3.8, 4) is 0 Å². The fourth-order valence-electron chi connectivity index (χ4n) is 3.81. The summed E-state index contributed by atoms with van der Waals surface area (Å²) in [4.78, 5) is 13.5. The largest absolute Gasteiger partial charge is 0.416 e. The van der Waals surface area contributed by atoms with Crippen LogP contribution in [0.2, 0.25) is 0 Å². The minimum absolute atomic E-state index is 0.0219. The second-order valence-electron chi connectivity index (χ2n) is 8.01. The Morgan fingerprint density at radius 1 is 0.833 bits per heavy atom. The Balaban J connectivity index is 1.45. The average molecular weight is 525 g/mol. The molecule has 190 valence electrons. The molecule has 0 spiro atoms. The standard InChI is InChI=1S/C24H20F5N3O3S/c25-20-7-2-1-6-19(20)23(33)30-22-9-8-18(15-21(22)26)36(34,35)32-12-10-31(11-13-32)17-5-3-4-16(14-17)24(27,28)29/h1-9,14-15H,10-13H2,(H,30,33). The molecule has 1 aliphatic rings. The minimum atomic E-state index is -4.49. The lowest BCUT2D eigenvalue weighted by molar-refractivity contribution is -0.137. The number of halogens is 5. The monoisotopic (exact) mass is 525 g/mol. The summed E-state index contributed by atoms with van der Waals surface area (Å²) in [7, 11) is -4.11. The van der Waals surface area contributed by atoms with Gasteiger partial charge < -0.3 is 10.2 Å². The van der Waals surface area contributed by atoms with E-state index in [4.69, 9.17) is 0 Å². The van der Waals surface area contributed by atoms with E-state index in [1.807, 2.05) is 0 Å². The number of hydrogen-bond acceptors (Lipinski definition) is 4. The highest BCUT2D eigenvalue weighted by Gasteiger charge is 2.32. The molecule has 0 radical (unpaired) electrons. The molecule has 1 N–H and O–H groups in total. The van der Waals surface area contributed by atoms with Crippen LogP contribution in [0, 0.1) is 11.6 Å². The van der Waals surface area contributed by atoms with Crippen LogP contribution >= 0.6 is 0 Å². The fourth-order valence-corrected chi connectivity index (χ4v) is 5.24. The van der Waals surface area contributed by atoms with Crippen LogP contribution in [-0.2, 0) is 16.2 Å². The van der Waals surface area contributed by atoms with E-state index in [0.717, 1.165) is 40.7 Å². The summed E-state index contributed by atoms with van der Waals surface area (Å²) in [5.41, 5.74) is -1.10. The zero-order valence-corrected chi connectivity index (χ0v) is 19.4. The number of carbonyl (C=O) groups excluding carboxylic acids is 1. The Hall–Kier alpha value is -3.51. The summed E-state index contributed by atoms with van der Waals surface area (Å²) in [6.45, 7) is 0.234. The third-order valence-corrected chi connectivity index (χ3v) is 7.62. The first-order valence-electron chi connectivity index (χ1n) is 10.7. The molecular weight excluding hydrogens is 505 g/mol. The molecule has 0 unspecified atom stereocenters. The number of alkyl halides is 3. The molecule has 0 aliphatic carbocycles. The van der Waals surface area contributed by atoms with Crippen LogP contribution in [0.1, 0.15) is 15.9 Å². The number of hydrogen-bond donors (Lipinski definition) is 1. The Morgan fingerprint density at radius 3 is 2.17 bits per heavy atom. The summed E-state index contributed by atoms with van der Waals surface area (Å²) >= 11 is 0. The molecule has 4 rings (SSSR count). The van der Waals surface area contributed by atoms with Gasteiger partial charge in [-0.2, -0.15) is 17.5 Å².